The summed E-state index contributed by atoms with van der Waals surface area (Å²) in [6, 6.07) is 8.21. The monoisotopic (exact) mass is 196 g/mol. The Balaban J connectivity index is 2.45. The number of halogens is 2. The minimum atomic E-state index is -0.395. The van der Waals surface area contributed by atoms with E-state index in [1.807, 2.05) is 12.1 Å². The molecule has 0 radical (unpaired) electrons. The zero-order chi connectivity index (χ0) is 8.55. The summed E-state index contributed by atoms with van der Waals surface area (Å²) in [6.07, 6.45) is 3.05. The topological polar surface area (TPSA) is 0 Å². The molecule has 1 aliphatic carbocycles. The Morgan fingerprint density at radius 3 is 2.67 bits per heavy atom. The second-order valence-electron chi connectivity index (χ2n) is 2.82. The van der Waals surface area contributed by atoms with Crippen LogP contribution in [0.3, 0.4) is 0 Å². The molecule has 0 aromatic heterocycles. The van der Waals surface area contributed by atoms with E-state index in [-0.39, 0.29) is 0 Å². The summed E-state index contributed by atoms with van der Waals surface area (Å²) >= 11 is 11.6. The van der Waals surface area contributed by atoms with Crippen molar-refractivity contribution in [3.63, 3.8) is 0 Å². The van der Waals surface area contributed by atoms with E-state index in [0.29, 0.717) is 0 Å². The molecule has 0 amide bonds. The maximum absolute atomic E-state index is 5.81. The molecule has 0 spiro atoms. The molecule has 0 fully saturated rings. The minimum Gasteiger partial charge on any atom is -0.165 e. The quantitative estimate of drug-likeness (QED) is 0.606. The van der Waals surface area contributed by atoms with E-state index in [0.717, 1.165) is 11.9 Å². The Morgan fingerprint density at radius 2 is 1.92 bits per heavy atom. The lowest BCUT2D eigenvalue weighted by molar-refractivity contribution is 1.31. The van der Waals surface area contributed by atoms with Crippen LogP contribution >= 0.6 is 22.9 Å². The van der Waals surface area contributed by atoms with Crippen LogP contribution in [0.2, 0.25) is 0 Å². The average Bonchev–Trinajstić information content (AvgIpc) is 2.47. The molecule has 0 aliphatic heterocycles. The second-order valence-corrected chi connectivity index (χ2v) is 3.92. The Labute approximate surface area is 82.1 Å². The van der Waals surface area contributed by atoms with Crippen molar-refractivity contribution in [2.24, 2.45) is 0 Å². The first-order valence-electron chi connectivity index (χ1n) is 3.85. The predicted octanol–water partition coefficient (Wildman–Crippen LogP) is 3.13. The van der Waals surface area contributed by atoms with Gasteiger partial charge in [-0.3, -0.25) is 0 Å². The highest BCUT2D eigenvalue weighted by Gasteiger charge is 2.21. The number of fused-ring (bicyclic) bond motifs is 1. The molecular formula is C9H7BCl2. The van der Waals surface area contributed by atoms with Gasteiger partial charge in [-0.1, -0.05) is 30.3 Å². The third-order valence-corrected chi connectivity index (χ3v) is 2.58. The van der Waals surface area contributed by atoms with Crippen LogP contribution in [-0.4, -0.2) is 5.54 Å². The van der Waals surface area contributed by atoms with Crippen molar-refractivity contribution in [2.45, 2.75) is 6.42 Å². The fraction of sp³-hybridized carbons (Fsp3) is 0.111. The van der Waals surface area contributed by atoms with E-state index >= 15 is 0 Å². The number of hydrogen-bond donors (Lipinski definition) is 0. The minimum absolute atomic E-state index is 0.395. The van der Waals surface area contributed by atoms with Crippen molar-refractivity contribution >= 4 is 33.9 Å². The van der Waals surface area contributed by atoms with Gasteiger partial charge in [-0.05, 0) is 23.0 Å². The zero-order valence-electron chi connectivity index (χ0n) is 6.43. The van der Waals surface area contributed by atoms with E-state index in [1.165, 1.54) is 11.1 Å². The fourth-order valence-electron chi connectivity index (χ4n) is 1.52. The summed E-state index contributed by atoms with van der Waals surface area (Å²) in [5, 5.41) is 0. The van der Waals surface area contributed by atoms with Crippen LogP contribution in [0.5, 0.6) is 0 Å². The largest absolute Gasteiger partial charge is 0.383 e. The number of hydrogen-bond acceptors (Lipinski definition) is 0. The third kappa shape index (κ3) is 1.28. The normalized spacial score (nSPS) is 14.0. The second kappa shape index (κ2) is 3.16. The summed E-state index contributed by atoms with van der Waals surface area (Å²) in [7, 11) is 0. The number of benzene rings is 1. The average molecular weight is 197 g/mol. The van der Waals surface area contributed by atoms with Gasteiger partial charge in [0.15, 0.2) is 0 Å². The SMILES string of the molecule is ClB(Cl)C1=CCc2ccccc21. The Kier molecular flexibility index (Phi) is 2.16. The molecule has 0 bridgehead atoms. The van der Waals surface area contributed by atoms with Crippen LogP contribution < -0.4 is 0 Å². The highest BCUT2D eigenvalue weighted by atomic mass is 35.5. The lowest BCUT2D eigenvalue weighted by Gasteiger charge is -2.02. The first kappa shape index (κ1) is 8.21. The molecule has 1 aromatic carbocycles. The van der Waals surface area contributed by atoms with Gasteiger partial charge in [-0.25, -0.2) is 0 Å². The summed E-state index contributed by atoms with van der Waals surface area (Å²) < 4.78 is 0. The van der Waals surface area contributed by atoms with Gasteiger partial charge in [0.05, 0.1) is 0 Å². The lowest BCUT2D eigenvalue weighted by Crippen LogP contribution is -1.96. The lowest BCUT2D eigenvalue weighted by atomic mass is 9.87. The smallest absolute Gasteiger partial charge is 0.165 e. The number of allylic oxidation sites excluding steroid dienone is 1. The van der Waals surface area contributed by atoms with Gasteiger partial charge in [-0.15, -0.1) is 0 Å². The Morgan fingerprint density at radius 1 is 1.17 bits per heavy atom. The molecule has 0 nitrogen and oxygen atoms in total. The van der Waals surface area contributed by atoms with Crippen LogP contribution in [0.15, 0.2) is 30.3 Å². The van der Waals surface area contributed by atoms with Crippen molar-refractivity contribution in [1.82, 2.24) is 0 Å². The maximum Gasteiger partial charge on any atom is 0.383 e. The van der Waals surface area contributed by atoms with E-state index in [9.17, 15) is 0 Å². The van der Waals surface area contributed by atoms with Crippen LogP contribution in [0, 0.1) is 0 Å². The van der Waals surface area contributed by atoms with Crippen LogP contribution in [0.1, 0.15) is 11.1 Å². The zero-order valence-corrected chi connectivity index (χ0v) is 7.94. The van der Waals surface area contributed by atoms with Gasteiger partial charge in [0.1, 0.15) is 0 Å². The van der Waals surface area contributed by atoms with Gasteiger partial charge in [0, 0.05) is 0 Å². The van der Waals surface area contributed by atoms with E-state index in [4.69, 9.17) is 22.9 Å². The molecule has 0 unspecified atom stereocenters. The van der Waals surface area contributed by atoms with Crippen molar-refractivity contribution in [3.05, 3.63) is 41.5 Å². The molecule has 0 atom stereocenters. The molecule has 1 aromatic rings. The highest BCUT2D eigenvalue weighted by Crippen LogP contribution is 2.31. The van der Waals surface area contributed by atoms with E-state index in [2.05, 4.69) is 18.2 Å². The predicted molar refractivity (Wildman–Crippen MR) is 55.6 cm³/mol. The van der Waals surface area contributed by atoms with E-state index < -0.39 is 5.54 Å². The van der Waals surface area contributed by atoms with Gasteiger partial charge in [-0.2, -0.15) is 22.9 Å². The van der Waals surface area contributed by atoms with Gasteiger partial charge in [0.25, 0.3) is 0 Å². The Hall–Kier alpha value is -0.395. The molecule has 0 N–H and O–H groups in total. The van der Waals surface area contributed by atoms with Crippen LogP contribution in [0.25, 0.3) is 5.47 Å². The van der Waals surface area contributed by atoms with Gasteiger partial charge >= 0.3 is 5.54 Å². The molecular weight excluding hydrogens is 190 g/mol. The van der Waals surface area contributed by atoms with Crippen molar-refractivity contribution < 1.29 is 0 Å². The highest BCUT2D eigenvalue weighted by molar-refractivity contribution is 7.41. The summed E-state index contributed by atoms with van der Waals surface area (Å²) in [6.45, 7) is 0. The van der Waals surface area contributed by atoms with Crippen LogP contribution in [0.4, 0.5) is 0 Å². The van der Waals surface area contributed by atoms with E-state index in [1.54, 1.807) is 0 Å². The maximum atomic E-state index is 5.81. The molecule has 12 heavy (non-hydrogen) atoms. The summed E-state index contributed by atoms with van der Waals surface area (Å²) in [5.41, 5.74) is 3.17. The Bertz CT molecular complexity index is 331. The summed E-state index contributed by atoms with van der Waals surface area (Å²) in [4.78, 5) is 0. The standard InChI is InChI=1S/C9H7BCl2/c11-10(12)9-6-5-7-3-1-2-4-8(7)9/h1-4,6H,5H2. The van der Waals surface area contributed by atoms with Crippen LogP contribution in [-0.2, 0) is 6.42 Å². The fourth-order valence-corrected chi connectivity index (χ4v) is 1.93. The molecule has 3 heteroatoms. The molecule has 0 heterocycles. The summed E-state index contributed by atoms with van der Waals surface area (Å²) in [5.74, 6) is 0. The molecule has 60 valence electrons. The van der Waals surface area contributed by atoms with Crippen molar-refractivity contribution in [3.8, 4) is 0 Å². The molecule has 0 saturated carbocycles. The molecule has 0 saturated heterocycles. The molecule has 1 aliphatic rings. The number of rotatable bonds is 1. The third-order valence-electron chi connectivity index (χ3n) is 2.11. The molecule has 2 rings (SSSR count). The van der Waals surface area contributed by atoms with Crippen molar-refractivity contribution in [1.29, 1.82) is 0 Å². The van der Waals surface area contributed by atoms with Crippen molar-refractivity contribution in [2.75, 3.05) is 0 Å². The van der Waals surface area contributed by atoms with Gasteiger partial charge in [0.2, 0.25) is 0 Å². The first-order chi connectivity index (χ1) is 5.79. The first-order valence-corrected chi connectivity index (χ1v) is 4.73. The van der Waals surface area contributed by atoms with Gasteiger partial charge < -0.3 is 0 Å².